The third-order valence-corrected chi connectivity index (χ3v) is 12.0. The fourth-order valence-corrected chi connectivity index (χ4v) is 9.48. The van der Waals surface area contributed by atoms with Crippen LogP contribution in [-0.4, -0.2) is 68.0 Å². The van der Waals surface area contributed by atoms with Crippen LogP contribution >= 0.6 is 0 Å². The molecule has 4 N–H and O–H groups in total. The van der Waals surface area contributed by atoms with E-state index in [4.69, 9.17) is 9.47 Å². The van der Waals surface area contributed by atoms with E-state index in [1.807, 2.05) is 13.8 Å². The molecule has 36 heavy (non-hydrogen) atoms. The number of fused-ring (bicyclic) bond motifs is 4. The van der Waals surface area contributed by atoms with Crippen molar-refractivity contribution in [2.24, 2.45) is 34.5 Å². The van der Waals surface area contributed by atoms with Crippen molar-refractivity contribution in [2.75, 3.05) is 6.61 Å². The molecule has 3 saturated carbocycles. The van der Waals surface area contributed by atoms with Crippen molar-refractivity contribution in [3.05, 3.63) is 23.3 Å². The maximum Gasteiger partial charge on any atom is 0.333 e. The lowest BCUT2D eigenvalue weighted by molar-refractivity contribution is -0.402. The standard InChI is InChI=1S/C28H38O8/c1-14-10-20(36-23(31)15(14)2)19-13-35-28(34)12-18-16(17-7-9-26(19,32)25(17,28)4)11-22(30)27(33)8-5-6-21(29)24(18,27)3/h5-6,16-20,22,30,32-34H,7-13H2,1-4H3/t16-,17-,18-,19+,20+,22+,24-,25-,26+,27-,28-/m0/s1. The van der Waals surface area contributed by atoms with E-state index < -0.39 is 51.9 Å². The van der Waals surface area contributed by atoms with Gasteiger partial charge < -0.3 is 29.9 Å². The summed E-state index contributed by atoms with van der Waals surface area (Å²) in [6.07, 6.45) is 3.46. The second-order valence-electron chi connectivity index (χ2n) is 12.9. The van der Waals surface area contributed by atoms with Crippen LogP contribution in [0.1, 0.15) is 66.2 Å². The number of esters is 1. The maximum absolute atomic E-state index is 13.3. The quantitative estimate of drug-likeness (QED) is 0.399. The first-order chi connectivity index (χ1) is 16.7. The number of aliphatic hydroxyl groups is 4. The Labute approximate surface area is 211 Å². The molecule has 8 nitrogen and oxygen atoms in total. The molecule has 2 heterocycles. The molecule has 0 aromatic carbocycles. The third kappa shape index (κ3) is 2.58. The Balaban J connectivity index is 1.42. The van der Waals surface area contributed by atoms with Gasteiger partial charge in [-0.2, -0.15) is 0 Å². The highest BCUT2D eigenvalue weighted by atomic mass is 16.6. The number of hydrogen-bond acceptors (Lipinski definition) is 8. The first-order valence-electron chi connectivity index (χ1n) is 13.3. The normalized spacial score (nSPS) is 56.1. The molecule has 6 aliphatic rings. The molecule has 0 aromatic rings. The molecule has 4 fully saturated rings. The monoisotopic (exact) mass is 502 g/mol. The molecule has 4 aliphatic carbocycles. The van der Waals surface area contributed by atoms with Gasteiger partial charge in [0.25, 0.3) is 0 Å². The summed E-state index contributed by atoms with van der Waals surface area (Å²) >= 11 is 0. The van der Waals surface area contributed by atoms with Crippen molar-refractivity contribution >= 4 is 11.8 Å². The van der Waals surface area contributed by atoms with E-state index in [1.165, 1.54) is 6.08 Å². The van der Waals surface area contributed by atoms with Gasteiger partial charge in [-0.05, 0) is 70.3 Å². The molecule has 0 aromatic heterocycles. The number of carbonyl (C=O) groups is 2. The summed E-state index contributed by atoms with van der Waals surface area (Å²) < 4.78 is 12.0. The van der Waals surface area contributed by atoms with Gasteiger partial charge in [-0.15, -0.1) is 0 Å². The van der Waals surface area contributed by atoms with Gasteiger partial charge in [0.1, 0.15) is 11.7 Å². The van der Waals surface area contributed by atoms with E-state index in [0.717, 1.165) is 5.57 Å². The summed E-state index contributed by atoms with van der Waals surface area (Å²) in [7, 11) is 0. The zero-order valence-electron chi connectivity index (χ0n) is 21.5. The smallest absolute Gasteiger partial charge is 0.333 e. The molecule has 1 saturated heterocycles. The second kappa shape index (κ2) is 7.29. The zero-order chi connectivity index (χ0) is 26.1. The van der Waals surface area contributed by atoms with Gasteiger partial charge >= 0.3 is 5.97 Å². The Bertz CT molecular complexity index is 1100. The average molecular weight is 503 g/mol. The van der Waals surface area contributed by atoms with E-state index in [9.17, 15) is 30.0 Å². The molecular weight excluding hydrogens is 464 g/mol. The van der Waals surface area contributed by atoms with Crippen molar-refractivity contribution < 1.29 is 39.5 Å². The first kappa shape index (κ1) is 24.7. The Morgan fingerprint density at radius 2 is 1.75 bits per heavy atom. The van der Waals surface area contributed by atoms with Crippen LogP contribution in [0.2, 0.25) is 0 Å². The fourth-order valence-electron chi connectivity index (χ4n) is 9.48. The molecule has 11 atom stereocenters. The van der Waals surface area contributed by atoms with Gasteiger partial charge in [0, 0.05) is 24.3 Å². The molecule has 8 heteroatoms. The number of aliphatic hydroxyl groups excluding tert-OH is 1. The van der Waals surface area contributed by atoms with Crippen molar-refractivity contribution in [3.63, 3.8) is 0 Å². The Morgan fingerprint density at radius 3 is 2.44 bits per heavy atom. The number of cyclic esters (lactones) is 1. The van der Waals surface area contributed by atoms with E-state index in [-0.39, 0.29) is 49.5 Å². The van der Waals surface area contributed by atoms with Crippen LogP contribution in [0.25, 0.3) is 0 Å². The highest BCUT2D eigenvalue weighted by molar-refractivity contribution is 5.97. The van der Waals surface area contributed by atoms with E-state index in [2.05, 4.69) is 0 Å². The molecule has 198 valence electrons. The average Bonchev–Trinajstić information content (AvgIpc) is 3.09. The van der Waals surface area contributed by atoms with Crippen LogP contribution < -0.4 is 0 Å². The molecule has 0 spiro atoms. The highest BCUT2D eigenvalue weighted by Crippen LogP contribution is 2.73. The number of ketones is 1. The Kier molecular flexibility index (Phi) is 5.01. The number of allylic oxidation sites excluding steroid dienone is 1. The minimum atomic E-state index is -1.73. The minimum Gasteiger partial charge on any atom is -0.458 e. The van der Waals surface area contributed by atoms with Gasteiger partial charge in [0.05, 0.1) is 29.1 Å². The largest absolute Gasteiger partial charge is 0.458 e. The maximum atomic E-state index is 13.3. The van der Waals surface area contributed by atoms with Crippen LogP contribution in [0.15, 0.2) is 23.3 Å². The van der Waals surface area contributed by atoms with Gasteiger partial charge in [-0.3, -0.25) is 4.79 Å². The second-order valence-corrected chi connectivity index (χ2v) is 12.9. The number of hydrogen-bond donors (Lipinski definition) is 4. The molecule has 0 bridgehead atoms. The lowest BCUT2D eigenvalue weighted by atomic mass is 9.40. The Morgan fingerprint density at radius 1 is 1.03 bits per heavy atom. The summed E-state index contributed by atoms with van der Waals surface area (Å²) in [6.45, 7) is 7.25. The lowest BCUT2D eigenvalue weighted by Crippen LogP contribution is -2.77. The molecular formula is C28H38O8. The first-order valence-corrected chi connectivity index (χ1v) is 13.3. The van der Waals surface area contributed by atoms with E-state index >= 15 is 0 Å². The van der Waals surface area contributed by atoms with E-state index in [1.54, 1.807) is 19.9 Å². The summed E-state index contributed by atoms with van der Waals surface area (Å²) in [4.78, 5) is 25.8. The predicted octanol–water partition coefficient (Wildman–Crippen LogP) is 1.79. The molecule has 0 unspecified atom stereocenters. The SMILES string of the molecule is CC1=C(C)C(=O)O[C@@H]([C@H]2CO[C@@]3(O)C[C@H]4[C@@H](C[C@@H](O)[C@@]5(O)CC=CC(=O)[C@]45C)[C@@H]4CC[C@]2(O)[C@]43C)C1. The van der Waals surface area contributed by atoms with Crippen LogP contribution in [0.4, 0.5) is 0 Å². The minimum absolute atomic E-state index is 0.0222. The van der Waals surface area contributed by atoms with Gasteiger partial charge in [-0.25, -0.2) is 4.79 Å². The summed E-state index contributed by atoms with van der Waals surface area (Å²) in [5.41, 5.74) is -3.84. The van der Waals surface area contributed by atoms with Crippen LogP contribution in [0.3, 0.4) is 0 Å². The third-order valence-electron chi connectivity index (χ3n) is 12.0. The Hall–Kier alpha value is -1.58. The molecule has 6 rings (SSSR count). The summed E-state index contributed by atoms with van der Waals surface area (Å²) in [5, 5.41) is 47.4. The number of ether oxygens (including phenoxy) is 2. The van der Waals surface area contributed by atoms with Crippen molar-refractivity contribution in [3.8, 4) is 0 Å². The van der Waals surface area contributed by atoms with E-state index in [0.29, 0.717) is 24.8 Å². The fraction of sp³-hybridized carbons (Fsp3) is 0.786. The van der Waals surface area contributed by atoms with Crippen molar-refractivity contribution in [1.82, 2.24) is 0 Å². The summed E-state index contributed by atoms with van der Waals surface area (Å²) in [5.74, 6) is -3.74. The van der Waals surface area contributed by atoms with Gasteiger partial charge in [0.15, 0.2) is 11.6 Å². The summed E-state index contributed by atoms with van der Waals surface area (Å²) in [6, 6.07) is 0. The predicted molar refractivity (Wildman–Crippen MR) is 127 cm³/mol. The van der Waals surface area contributed by atoms with Crippen molar-refractivity contribution in [1.29, 1.82) is 0 Å². The molecule has 0 amide bonds. The van der Waals surface area contributed by atoms with Crippen LogP contribution in [-0.2, 0) is 19.1 Å². The van der Waals surface area contributed by atoms with Crippen LogP contribution in [0.5, 0.6) is 0 Å². The number of carbonyl (C=O) groups excluding carboxylic acids is 2. The lowest BCUT2D eigenvalue weighted by Gasteiger charge is -2.69. The molecule has 2 aliphatic heterocycles. The van der Waals surface area contributed by atoms with Crippen molar-refractivity contribution in [2.45, 2.75) is 95.4 Å². The zero-order valence-corrected chi connectivity index (χ0v) is 21.5. The van der Waals surface area contributed by atoms with Gasteiger partial charge in [-0.1, -0.05) is 18.6 Å². The topological polar surface area (TPSA) is 134 Å². The number of rotatable bonds is 1. The highest BCUT2D eigenvalue weighted by Gasteiger charge is 2.80. The molecule has 0 radical (unpaired) electrons. The van der Waals surface area contributed by atoms with Crippen LogP contribution in [0, 0.1) is 34.5 Å². The van der Waals surface area contributed by atoms with Gasteiger partial charge in [0.2, 0.25) is 0 Å².